The van der Waals surface area contributed by atoms with E-state index in [1.807, 2.05) is 4.90 Å². The second kappa shape index (κ2) is 13.0. The topological polar surface area (TPSA) is 133 Å². The van der Waals surface area contributed by atoms with Crippen molar-refractivity contribution in [2.75, 3.05) is 57.9 Å². The number of methoxy groups -OCH3 is 1. The maximum atomic E-state index is 13.2. The molecule has 0 aliphatic carbocycles. The second-order valence-corrected chi connectivity index (χ2v) is 14.8. The maximum absolute atomic E-state index is 13.2. The molecule has 3 aliphatic heterocycles. The van der Waals surface area contributed by atoms with Crippen LogP contribution in [0.5, 0.6) is 5.75 Å². The first-order valence-electron chi connectivity index (χ1n) is 13.0. The molecule has 0 unspecified atom stereocenters. The first-order valence-corrected chi connectivity index (χ1v) is 17.5. The number of ether oxygens (including phenoxy) is 2. The van der Waals surface area contributed by atoms with E-state index in [1.165, 1.54) is 23.7 Å². The fraction of sp³-hybridized carbons (Fsp3) is 0.583. The van der Waals surface area contributed by atoms with Crippen LogP contribution in [0.4, 0.5) is 5.82 Å². The monoisotopic (exact) mass is 655 g/mol. The third kappa shape index (κ3) is 6.65. The molecule has 1 aromatic rings. The van der Waals surface area contributed by atoms with Crippen molar-refractivity contribution in [1.29, 1.82) is 5.41 Å². The third-order valence-corrected chi connectivity index (χ3v) is 10.9. The van der Waals surface area contributed by atoms with Gasteiger partial charge in [-0.3, -0.25) is 5.41 Å². The summed E-state index contributed by atoms with van der Waals surface area (Å²) in [5.74, 6) is 0.0869. The van der Waals surface area contributed by atoms with E-state index in [-0.39, 0.29) is 45.3 Å². The SMILES string of the molecule is COC(=C(\Cl)C(=N)N1CCCC1)/C(=C\CCOc1c(S(=O)(=O)N2CCC2)cnc(N2CCCC2)c1Cl)S(=O)(=O)Cl. The Kier molecular flexibility index (Phi) is 10.2. The highest BCUT2D eigenvalue weighted by Crippen LogP contribution is 2.41. The molecule has 3 fully saturated rings. The lowest BCUT2D eigenvalue weighted by atomic mass is 10.3. The summed E-state index contributed by atoms with van der Waals surface area (Å²) >= 11 is 13.1. The highest BCUT2D eigenvalue weighted by molar-refractivity contribution is 8.17. The molecule has 3 aliphatic rings. The highest BCUT2D eigenvalue weighted by Gasteiger charge is 2.35. The van der Waals surface area contributed by atoms with Crippen molar-refractivity contribution in [3.63, 3.8) is 0 Å². The fourth-order valence-corrected chi connectivity index (χ4v) is 8.17. The molecule has 0 amide bonds. The molecule has 4 heterocycles. The third-order valence-electron chi connectivity index (χ3n) is 6.98. The van der Waals surface area contributed by atoms with E-state index in [4.69, 9.17) is 48.8 Å². The van der Waals surface area contributed by atoms with Gasteiger partial charge in [-0.25, -0.2) is 21.8 Å². The van der Waals surface area contributed by atoms with Crippen molar-refractivity contribution >= 4 is 64.6 Å². The van der Waals surface area contributed by atoms with E-state index in [0.29, 0.717) is 32.0 Å². The Morgan fingerprint density at radius 2 is 1.68 bits per heavy atom. The van der Waals surface area contributed by atoms with E-state index in [0.717, 1.165) is 45.2 Å². The Balaban J connectivity index is 1.61. The van der Waals surface area contributed by atoms with Crippen molar-refractivity contribution in [1.82, 2.24) is 14.2 Å². The molecule has 40 heavy (non-hydrogen) atoms. The zero-order valence-electron chi connectivity index (χ0n) is 22.0. The van der Waals surface area contributed by atoms with Crippen LogP contribution in [0.1, 0.15) is 38.5 Å². The van der Waals surface area contributed by atoms with Gasteiger partial charge in [0.15, 0.2) is 17.3 Å². The number of nitrogens with zero attached hydrogens (tertiary/aromatic N) is 4. The summed E-state index contributed by atoms with van der Waals surface area (Å²) < 4.78 is 63.9. The van der Waals surface area contributed by atoms with Crippen LogP contribution in [0.25, 0.3) is 0 Å². The number of aromatic nitrogens is 1. The first kappa shape index (κ1) is 31.2. The molecule has 0 atom stereocenters. The van der Waals surface area contributed by atoms with Gasteiger partial charge in [-0.15, -0.1) is 0 Å². The minimum atomic E-state index is -4.34. The van der Waals surface area contributed by atoms with Crippen LogP contribution < -0.4 is 9.64 Å². The normalized spacial score (nSPS) is 19.4. The lowest BCUT2D eigenvalue weighted by molar-refractivity contribution is 0.296. The standard InChI is InChI=1S/C24H32Cl3N5O6S2/c1-37-21(19(25)23(28)30-9-2-3-10-30)17(39(27,33)34)8-6-15-38-22-18(40(35,36)32-13-7-14-32)16-29-24(20(22)26)31-11-4-5-12-31/h8,16,28H,2-7,9-15H2,1H3/b17-8+,21-19-,28-23?. The lowest BCUT2D eigenvalue weighted by Gasteiger charge is -2.30. The van der Waals surface area contributed by atoms with Crippen molar-refractivity contribution < 1.29 is 26.3 Å². The molecule has 0 bridgehead atoms. The highest BCUT2D eigenvalue weighted by atomic mass is 35.7. The van der Waals surface area contributed by atoms with Gasteiger partial charge in [0.25, 0.3) is 9.05 Å². The summed E-state index contributed by atoms with van der Waals surface area (Å²) in [4.78, 5) is 7.50. The summed E-state index contributed by atoms with van der Waals surface area (Å²) in [6.45, 7) is 3.38. The number of halogens is 3. The van der Waals surface area contributed by atoms with Crippen LogP contribution >= 0.6 is 33.9 Å². The van der Waals surface area contributed by atoms with Gasteiger partial charge in [-0.2, -0.15) is 4.31 Å². The summed E-state index contributed by atoms with van der Waals surface area (Å²) in [5.41, 5.74) is 0. The van der Waals surface area contributed by atoms with Crippen molar-refractivity contribution in [2.45, 2.75) is 43.4 Å². The number of anilines is 1. The number of pyridine rings is 1. The molecule has 1 aromatic heterocycles. The molecule has 0 spiro atoms. The predicted molar refractivity (Wildman–Crippen MR) is 155 cm³/mol. The maximum Gasteiger partial charge on any atom is 0.264 e. The molecular weight excluding hydrogens is 625 g/mol. The van der Waals surface area contributed by atoms with E-state index in [9.17, 15) is 16.8 Å². The molecular formula is C24H32Cl3N5O6S2. The molecule has 11 nitrogen and oxygen atoms in total. The van der Waals surface area contributed by atoms with Crippen molar-refractivity contribution in [2.24, 2.45) is 0 Å². The second-order valence-electron chi connectivity index (χ2n) is 9.57. The van der Waals surface area contributed by atoms with E-state index >= 15 is 0 Å². The number of hydrogen-bond acceptors (Lipinski definition) is 9. The van der Waals surface area contributed by atoms with Crippen LogP contribution in [-0.2, 0) is 23.8 Å². The van der Waals surface area contributed by atoms with Gasteiger partial charge in [0.05, 0.1) is 19.9 Å². The van der Waals surface area contributed by atoms with Gasteiger partial charge in [0.2, 0.25) is 10.0 Å². The van der Waals surface area contributed by atoms with Crippen LogP contribution in [-0.4, -0.2) is 89.8 Å². The largest absolute Gasteiger partial charge is 0.494 e. The molecule has 16 heteroatoms. The Bertz CT molecular complexity index is 1400. The van der Waals surface area contributed by atoms with Crippen LogP contribution in [0, 0.1) is 5.41 Å². The summed E-state index contributed by atoms with van der Waals surface area (Å²) in [6, 6.07) is 0. The number of sulfonamides is 1. The lowest BCUT2D eigenvalue weighted by Crippen LogP contribution is -2.42. The first-order chi connectivity index (χ1) is 19.0. The average molecular weight is 657 g/mol. The van der Waals surface area contributed by atoms with E-state index < -0.39 is 24.0 Å². The van der Waals surface area contributed by atoms with Gasteiger partial charge >= 0.3 is 0 Å². The van der Waals surface area contributed by atoms with Gasteiger partial charge in [0.1, 0.15) is 25.7 Å². The zero-order valence-corrected chi connectivity index (χ0v) is 25.9. The number of rotatable bonds is 11. The van der Waals surface area contributed by atoms with Crippen LogP contribution in [0.2, 0.25) is 5.02 Å². The molecule has 0 radical (unpaired) electrons. The van der Waals surface area contributed by atoms with Gasteiger partial charge in [0, 0.05) is 56.4 Å². The fourth-order valence-electron chi connectivity index (χ4n) is 4.72. The van der Waals surface area contributed by atoms with Gasteiger partial charge in [-0.1, -0.05) is 29.3 Å². The van der Waals surface area contributed by atoms with Gasteiger partial charge < -0.3 is 19.3 Å². The van der Waals surface area contributed by atoms with Crippen molar-refractivity contribution in [3.8, 4) is 5.75 Å². The van der Waals surface area contributed by atoms with E-state index in [2.05, 4.69) is 4.98 Å². The predicted octanol–water partition coefficient (Wildman–Crippen LogP) is 4.12. The van der Waals surface area contributed by atoms with Gasteiger partial charge in [-0.05, 0) is 32.1 Å². The summed E-state index contributed by atoms with van der Waals surface area (Å²) in [6.07, 6.45) is 7.01. The molecule has 0 saturated carbocycles. The minimum absolute atomic E-state index is 0.0176. The average Bonchev–Trinajstić information content (AvgIpc) is 3.58. The van der Waals surface area contributed by atoms with E-state index in [1.54, 1.807) is 4.90 Å². The number of amidine groups is 1. The minimum Gasteiger partial charge on any atom is -0.494 e. The molecule has 4 rings (SSSR count). The Hall–Kier alpha value is -1.77. The van der Waals surface area contributed by atoms with Crippen LogP contribution in [0.3, 0.4) is 0 Å². The molecule has 3 saturated heterocycles. The molecule has 222 valence electrons. The summed E-state index contributed by atoms with van der Waals surface area (Å²) in [5, 5.41) is 8.28. The number of nitrogens with one attached hydrogen (secondary N) is 1. The molecule has 0 aromatic carbocycles. The Morgan fingerprint density at radius 3 is 2.23 bits per heavy atom. The van der Waals surface area contributed by atoms with Crippen molar-refractivity contribution in [3.05, 3.63) is 33.0 Å². The number of hydrogen-bond donors (Lipinski definition) is 1. The zero-order chi connectivity index (χ0) is 29.1. The molecule has 1 N–H and O–H groups in total. The smallest absolute Gasteiger partial charge is 0.264 e. The van der Waals surface area contributed by atoms with Crippen LogP contribution in [0.15, 0.2) is 32.9 Å². The number of likely N-dealkylation sites (tertiary alicyclic amines) is 1. The Labute approximate surface area is 249 Å². The Morgan fingerprint density at radius 1 is 1.05 bits per heavy atom. The summed E-state index contributed by atoms with van der Waals surface area (Å²) in [7, 11) is -1.25. The quantitative estimate of drug-likeness (QED) is 0.0933.